The van der Waals surface area contributed by atoms with Crippen LogP contribution in [0.1, 0.15) is 41.0 Å². The zero-order valence-corrected chi connectivity index (χ0v) is 10.0. The average Bonchev–Trinajstić information content (AvgIpc) is 2.20. The van der Waals surface area contributed by atoms with Gasteiger partial charge < -0.3 is 14.4 Å². The van der Waals surface area contributed by atoms with E-state index in [9.17, 15) is 4.79 Å². The van der Waals surface area contributed by atoms with Crippen LogP contribution >= 0.6 is 0 Å². The molecule has 5 heteroatoms. The third kappa shape index (κ3) is 2.52. The van der Waals surface area contributed by atoms with Crippen molar-refractivity contribution in [1.82, 2.24) is 0 Å². The Hall–Kier alpha value is -0.545. The predicted octanol–water partition coefficient (Wildman–Crippen LogP) is 1.94. The first-order valence-electron chi connectivity index (χ1n) is 5.23. The lowest BCUT2D eigenvalue weighted by atomic mass is 9.71. The number of aliphatic carboxylic acids is 1. The molecule has 0 aromatic carbocycles. The van der Waals surface area contributed by atoms with E-state index in [0.717, 1.165) is 0 Å². The summed E-state index contributed by atoms with van der Waals surface area (Å²) in [4.78, 5) is 10.6. The predicted molar refractivity (Wildman–Crippen MR) is 57.8 cm³/mol. The van der Waals surface area contributed by atoms with Crippen molar-refractivity contribution in [3.05, 3.63) is 0 Å². The first-order valence-corrected chi connectivity index (χ1v) is 5.23. The topological polar surface area (TPSA) is 55.8 Å². The summed E-state index contributed by atoms with van der Waals surface area (Å²) in [6.07, 6.45) is 0.0663. The first kappa shape index (κ1) is 12.5. The van der Waals surface area contributed by atoms with Crippen molar-refractivity contribution in [2.75, 3.05) is 0 Å². The maximum atomic E-state index is 10.6. The zero-order valence-electron chi connectivity index (χ0n) is 10.0. The van der Waals surface area contributed by atoms with Crippen LogP contribution in [0.25, 0.3) is 0 Å². The Bertz CT molecular complexity index is 246. The highest BCUT2D eigenvalue weighted by Gasteiger charge is 2.52. The van der Waals surface area contributed by atoms with E-state index in [0.29, 0.717) is 0 Å². The van der Waals surface area contributed by atoms with E-state index in [2.05, 4.69) is 0 Å². The molecular formula is C10H19BO4. The summed E-state index contributed by atoms with van der Waals surface area (Å²) in [6.45, 7) is 9.66. The van der Waals surface area contributed by atoms with Gasteiger partial charge in [0.2, 0.25) is 0 Å². The molecule has 0 aromatic heterocycles. The zero-order chi connectivity index (χ0) is 11.9. The highest BCUT2D eigenvalue weighted by atomic mass is 16.7. The summed E-state index contributed by atoms with van der Waals surface area (Å²) < 4.78 is 11.5. The van der Waals surface area contributed by atoms with Gasteiger partial charge >= 0.3 is 13.1 Å². The molecule has 4 nitrogen and oxygen atoms in total. The van der Waals surface area contributed by atoms with Crippen LogP contribution in [0.4, 0.5) is 0 Å². The Morgan fingerprint density at radius 2 is 1.67 bits per heavy atom. The van der Waals surface area contributed by atoms with Gasteiger partial charge in [-0.3, -0.25) is 4.79 Å². The molecule has 0 aromatic rings. The molecule has 0 saturated carbocycles. The minimum atomic E-state index is -0.822. The summed E-state index contributed by atoms with van der Waals surface area (Å²) in [6, 6.07) is 0. The Morgan fingerprint density at radius 3 is 2.00 bits per heavy atom. The third-order valence-corrected chi connectivity index (χ3v) is 3.23. The van der Waals surface area contributed by atoms with Crippen LogP contribution in [0.15, 0.2) is 0 Å². The third-order valence-electron chi connectivity index (χ3n) is 3.23. The molecule has 1 heterocycles. The molecule has 1 rings (SSSR count). The van der Waals surface area contributed by atoms with Crippen molar-refractivity contribution >= 4 is 13.1 Å². The van der Waals surface area contributed by atoms with E-state index in [1.807, 2.05) is 34.6 Å². The monoisotopic (exact) mass is 214 g/mol. The van der Waals surface area contributed by atoms with E-state index >= 15 is 0 Å². The molecule has 1 N–H and O–H groups in total. The minimum Gasteiger partial charge on any atom is -0.481 e. The van der Waals surface area contributed by atoms with Gasteiger partial charge in [-0.1, -0.05) is 6.92 Å². The number of carboxylic acids is 1. The summed E-state index contributed by atoms with van der Waals surface area (Å²) >= 11 is 0. The Balaban J connectivity index is 2.66. The number of rotatable bonds is 3. The van der Waals surface area contributed by atoms with Crippen LogP contribution in [-0.2, 0) is 14.1 Å². The second-order valence-corrected chi connectivity index (χ2v) is 5.20. The molecule has 1 fully saturated rings. The maximum absolute atomic E-state index is 10.6. The summed E-state index contributed by atoms with van der Waals surface area (Å²) in [7, 11) is -0.425. The molecule has 0 amide bonds. The number of hydrogen-bond acceptors (Lipinski definition) is 3. The highest BCUT2D eigenvalue weighted by Crippen LogP contribution is 2.40. The fourth-order valence-corrected chi connectivity index (χ4v) is 1.49. The normalized spacial score (nSPS) is 25.3. The van der Waals surface area contributed by atoms with E-state index in [1.54, 1.807) is 0 Å². The van der Waals surface area contributed by atoms with E-state index in [1.165, 1.54) is 0 Å². The van der Waals surface area contributed by atoms with Crippen molar-refractivity contribution in [1.29, 1.82) is 0 Å². The van der Waals surface area contributed by atoms with Crippen LogP contribution in [0.5, 0.6) is 0 Å². The fraction of sp³-hybridized carbons (Fsp3) is 0.900. The lowest BCUT2D eigenvalue weighted by molar-refractivity contribution is -0.137. The highest BCUT2D eigenvalue weighted by molar-refractivity contribution is 6.47. The van der Waals surface area contributed by atoms with Gasteiger partial charge in [0.05, 0.1) is 11.2 Å². The lowest BCUT2D eigenvalue weighted by Crippen LogP contribution is -2.41. The first-order chi connectivity index (χ1) is 6.66. The number of carbonyl (C=O) groups is 1. The van der Waals surface area contributed by atoms with Crippen LogP contribution in [-0.4, -0.2) is 29.4 Å². The molecule has 1 saturated heterocycles. The van der Waals surface area contributed by atoms with E-state index in [4.69, 9.17) is 14.4 Å². The minimum absolute atomic E-state index is 0.0663. The van der Waals surface area contributed by atoms with E-state index < -0.39 is 13.1 Å². The van der Waals surface area contributed by atoms with Crippen molar-refractivity contribution in [2.24, 2.45) is 0 Å². The molecule has 86 valence electrons. The molecule has 0 unspecified atom stereocenters. The molecule has 0 aliphatic carbocycles. The maximum Gasteiger partial charge on any atom is 0.461 e. The second kappa shape index (κ2) is 3.79. The van der Waals surface area contributed by atoms with Crippen molar-refractivity contribution in [2.45, 2.75) is 58.1 Å². The van der Waals surface area contributed by atoms with Crippen LogP contribution in [0.3, 0.4) is 0 Å². The molecule has 0 bridgehead atoms. The molecule has 1 atom stereocenters. The molecule has 15 heavy (non-hydrogen) atoms. The Kier molecular flexibility index (Phi) is 3.17. The van der Waals surface area contributed by atoms with Crippen LogP contribution in [0.2, 0.25) is 5.82 Å². The number of carboxylic acid groups (broad SMARTS) is 1. The van der Waals surface area contributed by atoms with Crippen LogP contribution < -0.4 is 0 Å². The standard InChI is InChI=1S/C10H19BO4/c1-7(6-8(12)13)11-14-9(2,3)10(4,5)15-11/h7H,6H2,1-5H3,(H,12,13)/t7-/m1/s1. The second-order valence-electron chi connectivity index (χ2n) is 5.20. The Labute approximate surface area is 91.1 Å². The van der Waals surface area contributed by atoms with Gasteiger partial charge in [-0.2, -0.15) is 0 Å². The molecule has 0 radical (unpaired) electrons. The fourth-order valence-electron chi connectivity index (χ4n) is 1.49. The smallest absolute Gasteiger partial charge is 0.461 e. The van der Waals surface area contributed by atoms with Crippen molar-refractivity contribution in [3.8, 4) is 0 Å². The van der Waals surface area contributed by atoms with Crippen LogP contribution in [0, 0.1) is 0 Å². The number of hydrogen-bond donors (Lipinski definition) is 1. The SMILES string of the molecule is C[C@H](CC(=O)O)B1OC(C)(C)C(C)(C)O1. The van der Waals surface area contributed by atoms with Gasteiger partial charge in [-0.15, -0.1) is 0 Å². The van der Waals surface area contributed by atoms with Crippen molar-refractivity contribution < 1.29 is 19.2 Å². The lowest BCUT2D eigenvalue weighted by Gasteiger charge is -2.32. The van der Waals surface area contributed by atoms with Gasteiger partial charge in [-0.05, 0) is 27.7 Å². The van der Waals surface area contributed by atoms with Gasteiger partial charge in [0.1, 0.15) is 0 Å². The van der Waals surface area contributed by atoms with Crippen molar-refractivity contribution in [3.63, 3.8) is 0 Å². The largest absolute Gasteiger partial charge is 0.481 e. The Morgan fingerprint density at radius 1 is 1.27 bits per heavy atom. The van der Waals surface area contributed by atoms with Gasteiger partial charge in [0, 0.05) is 12.2 Å². The van der Waals surface area contributed by atoms with Gasteiger partial charge in [0.25, 0.3) is 0 Å². The quantitative estimate of drug-likeness (QED) is 0.729. The van der Waals surface area contributed by atoms with Gasteiger partial charge in [0.15, 0.2) is 0 Å². The molecular weight excluding hydrogens is 195 g/mol. The summed E-state index contributed by atoms with van der Waals surface area (Å²) in [5.41, 5.74) is -0.769. The summed E-state index contributed by atoms with van der Waals surface area (Å²) in [5, 5.41) is 8.69. The average molecular weight is 214 g/mol. The summed E-state index contributed by atoms with van der Waals surface area (Å²) in [5.74, 6) is -0.958. The van der Waals surface area contributed by atoms with Gasteiger partial charge in [-0.25, -0.2) is 0 Å². The van der Waals surface area contributed by atoms with E-state index in [-0.39, 0.29) is 23.4 Å². The molecule has 0 spiro atoms. The molecule has 1 aliphatic rings. The molecule has 1 aliphatic heterocycles.